The van der Waals surface area contributed by atoms with Crippen molar-refractivity contribution in [3.05, 3.63) is 46.1 Å². The summed E-state index contributed by atoms with van der Waals surface area (Å²) in [5.74, 6) is 0.202. The summed E-state index contributed by atoms with van der Waals surface area (Å²) >= 11 is 2.17. The first-order valence-corrected chi connectivity index (χ1v) is 6.60. The number of benzene rings is 1. The molecule has 3 nitrogen and oxygen atoms in total. The van der Waals surface area contributed by atoms with E-state index >= 15 is 0 Å². The van der Waals surface area contributed by atoms with Crippen LogP contribution < -0.4 is 5.32 Å². The maximum Gasteiger partial charge on any atom is 0.407 e. The molecule has 0 unspecified atom stereocenters. The summed E-state index contributed by atoms with van der Waals surface area (Å²) in [5.41, 5.74) is 1.07. The zero-order valence-electron chi connectivity index (χ0n) is 9.89. The number of carbonyl (C=O) groups is 1. The molecule has 0 heterocycles. The van der Waals surface area contributed by atoms with Crippen LogP contribution in [-0.2, 0) is 4.74 Å². The lowest BCUT2D eigenvalue weighted by Crippen LogP contribution is -2.31. The summed E-state index contributed by atoms with van der Waals surface area (Å²) in [7, 11) is 1.37. The number of rotatable bonds is 4. The Morgan fingerprint density at radius 1 is 1.41 bits per heavy atom. The molecular formula is C13H16INO2. The van der Waals surface area contributed by atoms with E-state index in [2.05, 4.69) is 39.6 Å². The van der Waals surface area contributed by atoms with Gasteiger partial charge in [-0.3, -0.25) is 0 Å². The molecule has 0 bridgehead atoms. The fourth-order valence-corrected chi connectivity index (χ4v) is 2.25. The quantitative estimate of drug-likeness (QED) is 0.846. The van der Waals surface area contributed by atoms with Gasteiger partial charge in [0.2, 0.25) is 0 Å². The summed E-state index contributed by atoms with van der Waals surface area (Å²) in [6.07, 6.45) is 1.64. The Morgan fingerprint density at radius 3 is 2.59 bits per heavy atom. The number of hydrogen-bond donors (Lipinski definition) is 1. The second-order valence-electron chi connectivity index (χ2n) is 3.70. The summed E-state index contributed by atoms with van der Waals surface area (Å²) in [5, 5.41) is 2.85. The first kappa shape index (κ1) is 14.0. The van der Waals surface area contributed by atoms with Gasteiger partial charge in [-0.15, -0.1) is 0 Å². The summed E-state index contributed by atoms with van der Waals surface area (Å²) < 4.78 is 6.61. The van der Waals surface area contributed by atoms with Gasteiger partial charge >= 0.3 is 6.09 Å². The Bertz CT molecular complexity index is 378. The zero-order chi connectivity index (χ0) is 12.7. The Morgan fingerprint density at radius 2 is 2.06 bits per heavy atom. The molecule has 0 aliphatic heterocycles. The lowest BCUT2D eigenvalue weighted by Gasteiger charge is -2.22. The summed E-state index contributed by atoms with van der Waals surface area (Å²) in [4.78, 5) is 11.3. The van der Waals surface area contributed by atoms with Gasteiger partial charge < -0.3 is 10.1 Å². The molecule has 1 rings (SSSR count). The second-order valence-corrected chi connectivity index (χ2v) is 4.42. The molecular weight excluding hydrogens is 329 g/mol. The van der Waals surface area contributed by atoms with Gasteiger partial charge in [-0.1, -0.05) is 65.9 Å². The molecule has 0 radical (unpaired) electrons. The van der Waals surface area contributed by atoms with Crippen molar-refractivity contribution in [1.82, 2.24) is 5.32 Å². The molecule has 2 atom stereocenters. The standard InChI is InChI=1S/C13H16INO2/c1-10(8-9-14)12(15-13(16)17-2)11-6-4-3-5-7-11/h3-10,12H,1-2H3,(H,15,16)/b9-8-/t10-,12+/m0/s1. The minimum absolute atomic E-state index is 0.0744. The molecule has 0 saturated carbocycles. The molecule has 0 saturated heterocycles. The SMILES string of the molecule is COC(=O)N[C@@H](c1ccccc1)[C@@H](C)/C=C\I. The third-order valence-electron chi connectivity index (χ3n) is 2.52. The number of halogens is 1. The second kappa shape index (κ2) is 7.32. The van der Waals surface area contributed by atoms with Crippen molar-refractivity contribution in [2.45, 2.75) is 13.0 Å². The highest BCUT2D eigenvalue weighted by Gasteiger charge is 2.19. The zero-order valence-corrected chi connectivity index (χ0v) is 12.0. The number of hydrogen-bond acceptors (Lipinski definition) is 2. The molecule has 92 valence electrons. The average molecular weight is 345 g/mol. The number of amides is 1. The topological polar surface area (TPSA) is 38.3 Å². The van der Waals surface area contributed by atoms with Crippen LogP contribution in [0.25, 0.3) is 0 Å². The molecule has 0 fully saturated rings. The van der Waals surface area contributed by atoms with Gasteiger partial charge in [0.05, 0.1) is 13.2 Å². The average Bonchev–Trinajstić information content (AvgIpc) is 2.36. The van der Waals surface area contributed by atoms with Crippen LogP contribution in [0, 0.1) is 5.92 Å². The van der Waals surface area contributed by atoms with Gasteiger partial charge in [0.1, 0.15) is 0 Å². The third kappa shape index (κ3) is 4.38. The van der Waals surface area contributed by atoms with E-state index in [4.69, 9.17) is 0 Å². The molecule has 1 aromatic rings. The minimum atomic E-state index is -0.410. The van der Waals surface area contributed by atoms with Gasteiger partial charge in [0.25, 0.3) is 0 Å². The first-order valence-electron chi connectivity index (χ1n) is 5.35. The van der Waals surface area contributed by atoms with Crippen molar-refractivity contribution in [2.24, 2.45) is 5.92 Å². The van der Waals surface area contributed by atoms with E-state index in [1.54, 1.807) is 0 Å². The van der Waals surface area contributed by atoms with Crippen LogP contribution in [0.1, 0.15) is 18.5 Å². The van der Waals surface area contributed by atoms with Gasteiger partial charge in [-0.25, -0.2) is 4.79 Å². The minimum Gasteiger partial charge on any atom is -0.453 e. The molecule has 17 heavy (non-hydrogen) atoms. The fraction of sp³-hybridized carbons (Fsp3) is 0.308. The molecule has 0 aliphatic rings. The Kier molecular flexibility index (Phi) is 6.04. The van der Waals surface area contributed by atoms with Crippen LogP contribution >= 0.6 is 22.6 Å². The van der Waals surface area contributed by atoms with Crippen LogP contribution in [0.2, 0.25) is 0 Å². The highest BCUT2D eigenvalue weighted by molar-refractivity contribution is 14.1. The smallest absolute Gasteiger partial charge is 0.407 e. The van der Waals surface area contributed by atoms with Gasteiger partial charge in [0.15, 0.2) is 0 Å². The van der Waals surface area contributed by atoms with E-state index in [1.165, 1.54) is 7.11 Å². The highest BCUT2D eigenvalue weighted by Crippen LogP contribution is 2.23. The molecule has 0 spiro atoms. The van der Waals surface area contributed by atoms with Gasteiger partial charge in [-0.05, 0) is 15.6 Å². The molecule has 4 heteroatoms. The van der Waals surface area contributed by atoms with Gasteiger partial charge in [-0.2, -0.15) is 0 Å². The number of alkyl carbamates (subject to hydrolysis) is 1. The lowest BCUT2D eigenvalue weighted by atomic mass is 9.95. The molecule has 0 aromatic heterocycles. The van der Waals surface area contributed by atoms with E-state index in [0.29, 0.717) is 0 Å². The summed E-state index contributed by atoms with van der Waals surface area (Å²) in [6, 6.07) is 9.80. The number of carbonyl (C=O) groups excluding carboxylic acids is 1. The van der Waals surface area contributed by atoms with Crippen LogP contribution in [0.5, 0.6) is 0 Å². The number of ether oxygens (including phenoxy) is 1. The van der Waals surface area contributed by atoms with E-state index in [0.717, 1.165) is 5.56 Å². The van der Waals surface area contributed by atoms with Crippen molar-refractivity contribution in [3.63, 3.8) is 0 Å². The lowest BCUT2D eigenvalue weighted by molar-refractivity contribution is 0.164. The Labute approximate surface area is 115 Å². The molecule has 1 N–H and O–H groups in total. The molecule has 0 aliphatic carbocycles. The van der Waals surface area contributed by atoms with E-state index in [-0.39, 0.29) is 12.0 Å². The fourth-order valence-electron chi connectivity index (χ4n) is 1.59. The monoisotopic (exact) mass is 345 g/mol. The van der Waals surface area contributed by atoms with E-state index < -0.39 is 6.09 Å². The van der Waals surface area contributed by atoms with Gasteiger partial charge in [0, 0.05) is 0 Å². The predicted molar refractivity (Wildman–Crippen MR) is 77.0 cm³/mol. The maximum atomic E-state index is 11.3. The Balaban J connectivity index is 2.90. The molecule has 1 aromatic carbocycles. The third-order valence-corrected chi connectivity index (χ3v) is 2.93. The maximum absolute atomic E-state index is 11.3. The van der Waals surface area contributed by atoms with Crippen molar-refractivity contribution >= 4 is 28.7 Å². The van der Waals surface area contributed by atoms with E-state index in [9.17, 15) is 4.79 Å². The van der Waals surface area contributed by atoms with Crippen molar-refractivity contribution in [2.75, 3.05) is 7.11 Å². The Hall–Kier alpha value is -1.04. The largest absolute Gasteiger partial charge is 0.453 e. The highest BCUT2D eigenvalue weighted by atomic mass is 127. The van der Waals surface area contributed by atoms with Crippen molar-refractivity contribution in [1.29, 1.82) is 0 Å². The van der Waals surface area contributed by atoms with E-state index in [1.807, 2.05) is 40.5 Å². The van der Waals surface area contributed by atoms with Crippen LogP contribution in [-0.4, -0.2) is 13.2 Å². The van der Waals surface area contributed by atoms with Crippen LogP contribution in [0.4, 0.5) is 4.79 Å². The predicted octanol–water partition coefficient (Wildman–Crippen LogP) is 3.67. The first-order chi connectivity index (χ1) is 8.19. The normalized spacial score (nSPS) is 14.3. The van der Waals surface area contributed by atoms with Crippen molar-refractivity contribution in [3.8, 4) is 0 Å². The number of methoxy groups -OCH3 is 1. The number of nitrogens with one attached hydrogen (secondary N) is 1. The summed E-state index contributed by atoms with van der Waals surface area (Å²) in [6.45, 7) is 2.06. The van der Waals surface area contributed by atoms with Crippen LogP contribution in [0.15, 0.2) is 40.5 Å². The van der Waals surface area contributed by atoms with Crippen LogP contribution in [0.3, 0.4) is 0 Å². The van der Waals surface area contributed by atoms with Crippen molar-refractivity contribution < 1.29 is 9.53 Å². The molecule has 1 amide bonds.